The first-order valence-corrected chi connectivity index (χ1v) is 6.36. The van der Waals surface area contributed by atoms with Crippen molar-refractivity contribution in [3.8, 4) is 0 Å². The van der Waals surface area contributed by atoms with Crippen LogP contribution < -0.4 is 10.6 Å². The summed E-state index contributed by atoms with van der Waals surface area (Å²) in [6.07, 6.45) is 3.68. The van der Waals surface area contributed by atoms with E-state index < -0.39 is 0 Å². The SMILES string of the molecule is CCN1CCCC1C(=O)N(C)c1ccc(N)nc1. The molecule has 5 heteroatoms. The highest BCUT2D eigenvalue weighted by Gasteiger charge is 2.31. The van der Waals surface area contributed by atoms with Gasteiger partial charge in [0.15, 0.2) is 0 Å². The van der Waals surface area contributed by atoms with Crippen molar-refractivity contribution in [2.75, 3.05) is 30.8 Å². The number of pyridine rings is 1. The second kappa shape index (κ2) is 5.35. The molecule has 0 radical (unpaired) electrons. The van der Waals surface area contributed by atoms with E-state index in [0.717, 1.165) is 31.6 Å². The standard InChI is InChI=1S/C13H20N4O/c1-3-17-8-4-5-11(17)13(18)16(2)10-6-7-12(14)15-9-10/h6-7,9,11H,3-5,8H2,1-2H3,(H2,14,15). The molecule has 2 heterocycles. The molecule has 0 spiro atoms. The highest BCUT2D eigenvalue weighted by molar-refractivity contribution is 5.96. The molecular weight excluding hydrogens is 228 g/mol. The molecule has 1 aliphatic heterocycles. The minimum absolute atomic E-state index is 0.0116. The van der Waals surface area contributed by atoms with Crippen molar-refractivity contribution < 1.29 is 4.79 Å². The molecule has 1 fully saturated rings. The first kappa shape index (κ1) is 12.8. The summed E-state index contributed by atoms with van der Waals surface area (Å²) in [6.45, 7) is 4.03. The van der Waals surface area contributed by atoms with E-state index in [1.165, 1.54) is 0 Å². The molecule has 1 amide bonds. The van der Waals surface area contributed by atoms with Crippen LogP contribution in [0.1, 0.15) is 19.8 Å². The third-order valence-electron chi connectivity index (χ3n) is 3.54. The Morgan fingerprint density at radius 1 is 1.61 bits per heavy atom. The number of rotatable bonds is 3. The summed E-state index contributed by atoms with van der Waals surface area (Å²) in [5, 5.41) is 0. The molecule has 2 rings (SSSR count). The number of hydrogen-bond acceptors (Lipinski definition) is 4. The topological polar surface area (TPSA) is 62.5 Å². The number of hydrogen-bond donors (Lipinski definition) is 1. The highest BCUT2D eigenvalue weighted by Crippen LogP contribution is 2.21. The number of carbonyl (C=O) groups is 1. The molecule has 1 unspecified atom stereocenters. The Hall–Kier alpha value is -1.62. The maximum atomic E-state index is 12.4. The van der Waals surface area contributed by atoms with E-state index in [1.54, 1.807) is 24.2 Å². The van der Waals surface area contributed by atoms with Crippen molar-refractivity contribution in [3.63, 3.8) is 0 Å². The fourth-order valence-electron chi connectivity index (χ4n) is 2.43. The molecule has 2 N–H and O–H groups in total. The van der Waals surface area contributed by atoms with Crippen LogP contribution in [0.3, 0.4) is 0 Å². The van der Waals surface area contributed by atoms with Gasteiger partial charge in [-0.15, -0.1) is 0 Å². The Morgan fingerprint density at radius 3 is 3.00 bits per heavy atom. The summed E-state index contributed by atoms with van der Waals surface area (Å²) in [4.78, 5) is 20.3. The smallest absolute Gasteiger partial charge is 0.244 e. The zero-order valence-corrected chi connectivity index (χ0v) is 11.0. The van der Waals surface area contributed by atoms with Gasteiger partial charge in [0.25, 0.3) is 0 Å². The van der Waals surface area contributed by atoms with Gasteiger partial charge in [-0.3, -0.25) is 9.69 Å². The summed E-state index contributed by atoms with van der Waals surface area (Å²) in [6, 6.07) is 3.55. The number of likely N-dealkylation sites (tertiary alicyclic amines) is 1. The monoisotopic (exact) mass is 248 g/mol. The minimum Gasteiger partial charge on any atom is -0.384 e. The number of carbonyl (C=O) groups excluding carboxylic acids is 1. The van der Waals surface area contributed by atoms with Crippen molar-refractivity contribution in [1.82, 2.24) is 9.88 Å². The van der Waals surface area contributed by atoms with Crippen LogP contribution in [0.15, 0.2) is 18.3 Å². The molecule has 1 aromatic rings. The summed E-state index contributed by atoms with van der Waals surface area (Å²) < 4.78 is 0. The number of anilines is 2. The van der Waals surface area contributed by atoms with Crippen LogP contribution in [0.25, 0.3) is 0 Å². The second-order valence-electron chi connectivity index (χ2n) is 4.63. The normalized spacial score (nSPS) is 20.0. The molecule has 1 saturated heterocycles. The van der Waals surface area contributed by atoms with E-state index in [4.69, 9.17) is 5.73 Å². The molecule has 1 aliphatic rings. The molecule has 18 heavy (non-hydrogen) atoms. The summed E-state index contributed by atoms with van der Waals surface area (Å²) >= 11 is 0. The van der Waals surface area contributed by atoms with Gasteiger partial charge in [0.2, 0.25) is 5.91 Å². The Labute approximate surface area is 108 Å². The van der Waals surface area contributed by atoms with Crippen molar-refractivity contribution >= 4 is 17.4 Å². The van der Waals surface area contributed by atoms with E-state index in [0.29, 0.717) is 5.82 Å². The Kier molecular flexibility index (Phi) is 3.81. The molecule has 5 nitrogen and oxygen atoms in total. The largest absolute Gasteiger partial charge is 0.384 e. The maximum absolute atomic E-state index is 12.4. The second-order valence-corrected chi connectivity index (χ2v) is 4.63. The molecule has 1 aromatic heterocycles. The fraction of sp³-hybridized carbons (Fsp3) is 0.538. The van der Waals surface area contributed by atoms with Gasteiger partial charge < -0.3 is 10.6 Å². The van der Waals surface area contributed by atoms with Crippen molar-refractivity contribution in [3.05, 3.63) is 18.3 Å². The fourth-order valence-corrected chi connectivity index (χ4v) is 2.43. The van der Waals surface area contributed by atoms with Gasteiger partial charge in [0.1, 0.15) is 5.82 Å². The quantitative estimate of drug-likeness (QED) is 0.870. The Morgan fingerprint density at radius 2 is 2.39 bits per heavy atom. The van der Waals surface area contributed by atoms with Gasteiger partial charge >= 0.3 is 0 Å². The number of nitrogens with two attached hydrogens (primary N) is 1. The third-order valence-corrected chi connectivity index (χ3v) is 3.54. The van der Waals surface area contributed by atoms with Crippen LogP contribution in [-0.4, -0.2) is 42.0 Å². The molecule has 0 saturated carbocycles. The number of aromatic nitrogens is 1. The first-order chi connectivity index (χ1) is 8.63. The number of nitrogens with zero attached hydrogens (tertiary/aromatic N) is 3. The van der Waals surface area contributed by atoms with E-state index in [9.17, 15) is 4.79 Å². The average Bonchev–Trinajstić information content (AvgIpc) is 2.86. The van der Waals surface area contributed by atoms with E-state index >= 15 is 0 Å². The highest BCUT2D eigenvalue weighted by atomic mass is 16.2. The number of likely N-dealkylation sites (N-methyl/N-ethyl adjacent to an activating group) is 2. The zero-order chi connectivity index (χ0) is 13.1. The van der Waals surface area contributed by atoms with Crippen LogP contribution in [0.4, 0.5) is 11.5 Å². The van der Waals surface area contributed by atoms with Crippen LogP contribution >= 0.6 is 0 Å². The maximum Gasteiger partial charge on any atom is 0.244 e. The van der Waals surface area contributed by atoms with Crippen molar-refractivity contribution in [2.24, 2.45) is 0 Å². The van der Waals surface area contributed by atoms with Gasteiger partial charge in [-0.25, -0.2) is 4.98 Å². The zero-order valence-electron chi connectivity index (χ0n) is 11.0. The molecule has 98 valence electrons. The number of amides is 1. The van der Waals surface area contributed by atoms with Gasteiger partial charge in [-0.05, 0) is 38.1 Å². The van der Waals surface area contributed by atoms with Gasteiger partial charge in [0, 0.05) is 7.05 Å². The summed E-state index contributed by atoms with van der Waals surface area (Å²) in [7, 11) is 1.79. The average molecular weight is 248 g/mol. The van der Waals surface area contributed by atoms with E-state index in [2.05, 4.69) is 16.8 Å². The minimum atomic E-state index is 0.0116. The molecule has 0 aromatic carbocycles. The predicted molar refractivity (Wildman–Crippen MR) is 72.3 cm³/mol. The number of nitrogen functional groups attached to an aromatic ring is 1. The first-order valence-electron chi connectivity index (χ1n) is 6.36. The van der Waals surface area contributed by atoms with Crippen molar-refractivity contribution in [1.29, 1.82) is 0 Å². The molecule has 1 atom stereocenters. The van der Waals surface area contributed by atoms with Crippen molar-refractivity contribution in [2.45, 2.75) is 25.8 Å². The lowest BCUT2D eigenvalue weighted by Gasteiger charge is -2.26. The summed E-state index contributed by atoms with van der Waals surface area (Å²) in [5.74, 6) is 0.608. The molecular formula is C13H20N4O. The van der Waals surface area contributed by atoms with Gasteiger partial charge in [-0.2, -0.15) is 0 Å². The van der Waals surface area contributed by atoms with Gasteiger partial charge in [0.05, 0.1) is 17.9 Å². The van der Waals surface area contributed by atoms with Gasteiger partial charge in [-0.1, -0.05) is 6.92 Å². The lowest BCUT2D eigenvalue weighted by atomic mass is 10.2. The Balaban J connectivity index is 2.11. The van der Waals surface area contributed by atoms with Crippen LogP contribution in [0.2, 0.25) is 0 Å². The van der Waals surface area contributed by atoms with Crippen LogP contribution in [0, 0.1) is 0 Å². The molecule has 0 aliphatic carbocycles. The van der Waals surface area contributed by atoms with E-state index in [-0.39, 0.29) is 11.9 Å². The lowest BCUT2D eigenvalue weighted by Crippen LogP contribution is -2.44. The third kappa shape index (κ3) is 2.46. The summed E-state index contributed by atoms with van der Waals surface area (Å²) in [5.41, 5.74) is 6.33. The van der Waals surface area contributed by atoms with Crippen LogP contribution in [0.5, 0.6) is 0 Å². The van der Waals surface area contributed by atoms with E-state index in [1.807, 2.05) is 6.07 Å². The van der Waals surface area contributed by atoms with Crippen LogP contribution in [-0.2, 0) is 4.79 Å². The lowest BCUT2D eigenvalue weighted by molar-refractivity contribution is -0.122. The molecule has 0 bridgehead atoms. The predicted octanol–water partition coefficient (Wildman–Crippen LogP) is 1.11. The Bertz CT molecular complexity index is 418.